The van der Waals surface area contributed by atoms with Crippen molar-refractivity contribution in [3.63, 3.8) is 0 Å². The summed E-state index contributed by atoms with van der Waals surface area (Å²) in [5, 5.41) is 6.04. The van der Waals surface area contributed by atoms with Crippen LogP contribution in [0.5, 0.6) is 23.0 Å². The van der Waals surface area contributed by atoms with Gasteiger partial charge >= 0.3 is 0 Å². The van der Waals surface area contributed by atoms with Gasteiger partial charge in [0.05, 0.1) is 0 Å². The highest BCUT2D eigenvalue weighted by Gasteiger charge is 2.13. The molecule has 0 saturated heterocycles. The van der Waals surface area contributed by atoms with Crippen LogP contribution in [-0.4, -0.2) is 38.2 Å². The van der Waals surface area contributed by atoms with Crippen molar-refractivity contribution in [2.24, 2.45) is 0 Å². The average molecular weight is 693 g/mol. The van der Waals surface area contributed by atoms with Gasteiger partial charge in [-0.25, -0.2) is 0 Å². The van der Waals surface area contributed by atoms with Crippen molar-refractivity contribution in [1.82, 2.24) is 0 Å². The Hall–Kier alpha value is -6.54. The molecule has 6 aromatic carbocycles. The van der Waals surface area contributed by atoms with Crippen LogP contribution in [0.3, 0.4) is 0 Å². The Morgan fingerprint density at radius 2 is 0.788 bits per heavy atom. The normalized spacial score (nSPS) is 10.6. The molecule has 8 nitrogen and oxygen atoms in total. The predicted octanol–water partition coefficient (Wildman–Crippen LogP) is 9.39. The minimum absolute atomic E-state index is 0.230. The summed E-state index contributed by atoms with van der Waals surface area (Å²) in [5.41, 5.74) is 6.23. The van der Waals surface area contributed by atoms with Gasteiger partial charge in [0.25, 0.3) is 11.8 Å². The van der Waals surface area contributed by atoms with Crippen molar-refractivity contribution in [3.05, 3.63) is 168 Å². The lowest BCUT2D eigenvalue weighted by molar-refractivity contribution is 0.101. The van der Waals surface area contributed by atoms with E-state index in [0.717, 1.165) is 33.8 Å². The number of carbonyl (C=O) groups is 2. The van der Waals surface area contributed by atoms with Crippen LogP contribution >= 0.6 is 0 Å². The van der Waals surface area contributed by atoms with Crippen molar-refractivity contribution in [2.75, 3.05) is 37.1 Å². The number of ether oxygens (including phenoxy) is 4. The van der Waals surface area contributed by atoms with Crippen molar-refractivity contribution >= 4 is 23.2 Å². The zero-order chi connectivity index (χ0) is 36.1. The van der Waals surface area contributed by atoms with Crippen LogP contribution in [0, 0.1) is 13.8 Å². The number of rotatable bonds is 15. The van der Waals surface area contributed by atoms with Crippen LogP contribution in [0.2, 0.25) is 0 Å². The monoisotopic (exact) mass is 692 g/mol. The van der Waals surface area contributed by atoms with Crippen LogP contribution in [-0.2, 0) is 0 Å². The summed E-state index contributed by atoms with van der Waals surface area (Å²) in [7, 11) is 0. The van der Waals surface area contributed by atoms with Gasteiger partial charge < -0.3 is 29.6 Å². The maximum atomic E-state index is 13.2. The summed E-state index contributed by atoms with van der Waals surface area (Å²) in [6, 6.07) is 45.1. The van der Waals surface area contributed by atoms with E-state index in [1.165, 1.54) is 0 Å². The molecule has 2 N–H and O–H groups in total. The molecule has 0 aliphatic heterocycles. The van der Waals surface area contributed by atoms with E-state index in [-0.39, 0.29) is 11.8 Å². The zero-order valence-electron chi connectivity index (χ0n) is 29.1. The van der Waals surface area contributed by atoms with Crippen LogP contribution in [0.25, 0.3) is 11.1 Å². The number of amides is 2. The van der Waals surface area contributed by atoms with Crippen LogP contribution < -0.4 is 29.6 Å². The first kappa shape index (κ1) is 35.3. The number of anilines is 2. The Morgan fingerprint density at radius 1 is 0.423 bits per heavy atom. The van der Waals surface area contributed by atoms with Crippen LogP contribution in [0.1, 0.15) is 31.8 Å². The van der Waals surface area contributed by atoms with Gasteiger partial charge in [-0.05, 0) is 121 Å². The van der Waals surface area contributed by atoms with Crippen molar-refractivity contribution in [2.45, 2.75) is 13.8 Å². The highest BCUT2D eigenvalue weighted by Crippen LogP contribution is 2.29. The number of hydrogen-bond donors (Lipinski definition) is 2. The molecule has 0 saturated carbocycles. The van der Waals surface area contributed by atoms with E-state index in [1.54, 1.807) is 36.4 Å². The van der Waals surface area contributed by atoms with Gasteiger partial charge in [0, 0.05) is 22.5 Å². The number of hydrogen-bond acceptors (Lipinski definition) is 6. The van der Waals surface area contributed by atoms with E-state index in [1.807, 2.05) is 123 Å². The predicted molar refractivity (Wildman–Crippen MR) is 205 cm³/mol. The maximum Gasteiger partial charge on any atom is 0.255 e. The van der Waals surface area contributed by atoms with Crippen molar-refractivity contribution < 1.29 is 28.5 Å². The molecule has 0 fully saturated rings. The fraction of sp³-hybridized carbons (Fsp3) is 0.136. The first-order valence-electron chi connectivity index (χ1n) is 17.1. The first-order chi connectivity index (χ1) is 25.4. The molecule has 6 aromatic rings. The quantitative estimate of drug-likeness (QED) is 0.104. The number of carbonyl (C=O) groups excluding carboxylic acids is 2. The lowest BCUT2D eigenvalue weighted by Gasteiger charge is -2.14. The molecular weight excluding hydrogens is 652 g/mol. The second kappa shape index (κ2) is 17.4. The van der Waals surface area contributed by atoms with E-state index in [0.29, 0.717) is 60.4 Å². The third kappa shape index (κ3) is 9.79. The molecule has 0 spiro atoms. The Morgan fingerprint density at radius 3 is 1.17 bits per heavy atom. The largest absolute Gasteiger partial charge is 0.490 e. The molecule has 0 atom stereocenters. The van der Waals surface area contributed by atoms with Crippen molar-refractivity contribution in [3.8, 4) is 34.1 Å². The highest BCUT2D eigenvalue weighted by atomic mass is 16.5. The summed E-state index contributed by atoms with van der Waals surface area (Å²) in [6.07, 6.45) is 0. The summed E-state index contributed by atoms with van der Waals surface area (Å²) in [5.74, 6) is 2.29. The lowest BCUT2D eigenvalue weighted by Crippen LogP contribution is -2.14. The number of aryl methyl sites for hydroxylation is 2. The molecule has 0 radical (unpaired) electrons. The van der Waals surface area contributed by atoms with Gasteiger partial charge in [-0.2, -0.15) is 0 Å². The van der Waals surface area contributed by atoms with E-state index in [9.17, 15) is 9.59 Å². The van der Waals surface area contributed by atoms with Crippen LogP contribution in [0.15, 0.2) is 146 Å². The topological polar surface area (TPSA) is 95.1 Å². The summed E-state index contributed by atoms with van der Waals surface area (Å²) >= 11 is 0. The van der Waals surface area contributed by atoms with Gasteiger partial charge in [-0.15, -0.1) is 0 Å². The molecule has 2 amide bonds. The number of nitrogens with one attached hydrogen (secondary N) is 2. The molecule has 262 valence electrons. The third-order valence-electron chi connectivity index (χ3n) is 8.20. The smallest absolute Gasteiger partial charge is 0.255 e. The molecule has 0 aliphatic rings. The zero-order valence-corrected chi connectivity index (χ0v) is 29.1. The Balaban J connectivity index is 1.01. The Labute approximate surface area is 304 Å². The molecule has 0 aliphatic carbocycles. The Bertz CT molecular complexity index is 1970. The molecule has 6 rings (SSSR count). The first-order valence-corrected chi connectivity index (χ1v) is 17.1. The molecule has 52 heavy (non-hydrogen) atoms. The number of para-hydroxylation sites is 2. The summed E-state index contributed by atoms with van der Waals surface area (Å²) in [6.45, 7) is 5.40. The average Bonchev–Trinajstić information content (AvgIpc) is 3.17. The lowest BCUT2D eigenvalue weighted by atomic mass is 9.99. The fourth-order valence-electron chi connectivity index (χ4n) is 5.48. The van der Waals surface area contributed by atoms with E-state index < -0.39 is 0 Å². The maximum absolute atomic E-state index is 13.2. The van der Waals surface area contributed by atoms with Gasteiger partial charge in [0.1, 0.15) is 49.4 Å². The van der Waals surface area contributed by atoms with E-state index in [4.69, 9.17) is 18.9 Å². The van der Waals surface area contributed by atoms with Gasteiger partial charge in [-0.1, -0.05) is 60.7 Å². The molecule has 0 aromatic heterocycles. The summed E-state index contributed by atoms with van der Waals surface area (Å²) in [4.78, 5) is 26.3. The molecular formula is C44H40N2O6. The van der Waals surface area contributed by atoms with Gasteiger partial charge in [-0.3, -0.25) is 9.59 Å². The van der Waals surface area contributed by atoms with Crippen LogP contribution in [0.4, 0.5) is 11.4 Å². The molecule has 0 unspecified atom stereocenters. The minimum atomic E-state index is -0.230. The molecule has 0 bridgehead atoms. The highest BCUT2D eigenvalue weighted by molar-refractivity contribution is 6.05. The third-order valence-corrected chi connectivity index (χ3v) is 8.20. The minimum Gasteiger partial charge on any atom is -0.490 e. The SMILES string of the molecule is Cc1cc(-c2ccc(NC(=O)c3cccc(OCCOc4ccccc4)c3)c(C)c2)ccc1NC(=O)c1cccc(OCCOc2ccccc2)c1. The Kier molecular flexibility index (Phi) is 11.8. The second-order valence-electron chi connectivity index (χ2n) is 12.0. The number of benzene rings is 6. The van der Waals surface area contributed by atoms with Gasteiger partial charge in [0.2, 0.25) is 0 Å². The van der Waals surface area contributed by atoms with Gasteiger partial charge in [0.15, 0.2) is 0 Å². The van der Waals surface area contributed by atoms with Crippen molar-refractivity contribution in [1.29, 1.82) is 0 Å². The second-order valence-corrected chi connectivity index (χ2v) is 12.0. The standard InChI is InChI=1S/C44H40N2O6/c1-31-27-33(19-21-41(31)45-43(47)35-11-9-17-39(29-35)51-25-23-49-37-13-5-3-6-14-37)34-20-22-42(32(2)28-34)46-44(48)36-12-10-18-40(30-36)52-26-24-50-38-15-7-4-8-16-38/h3-22,27-30H,23-26H2,1-2H3,(H,45,47)(H,46,48). The fourth-order valence-corrected chi connectivity index (χ4v) is 5.48. The molecule has 0 heterocycles. The van der Waals surface area contributed by atoms with E-state index >= 15 is 0 Å². The van der Waals surface area contributed by atoms with E-state index in [2.05, 4.69) is 10.6 Å². The summed E-state index contributed by atoms with van der Waals surface area (Å²) < 4.78 is 23.0. The molecule has 8 heteroatoms.